The van der Waals surface area contributed by atoms with Gasteiger partial charge in [0.25, 0.3) is 5.15 Å². The van der Waals surface area contributed by atoms with Crippen LogP contribution in [0.1, 0.15) is 0 Å². The first-order valence-corrected chi connectivity index (χ1v) is 5.11. The molecule has 0 atom stereocenters. The Kier molecular flexibility index (Phi) is 4.43. The Morgan fingerprint density at radius 2 is 2.00 bits per heavy atom. The molecule has 6 heteroatoms. The van der Waals surface area contributed by atoms with Gasteiger partial charge in [-0.2, -0.15) is 8.42 Å². The number of aromatic nitrogens is 1. The summed E-state index contributed by atoms with van der Waals surface area (Å²) in [7, 11) is -3.25. The van der Waals surface area contributed by atoms with E-state index in [1.807, 2.05) is 0 Å². The van der Waals surface area contributed by atoms with Crippen molar-refractivity contribution in [3.63, 3.8) is 0 Å². The minimum atomic E-state index is -3.25. The fourth-order valence-corrected chi connectivity index (χ4v) is 1.85. The summed E-state index contributed by atoms with van der Waals surface area (Å²) in [5, 5.41) is 0.190. The van der Waals surface area contributed by atoms with Crippen LogP contribution in [-0.2, 0) is 10.0 Å². The molecule has 0 saturated heterocycles. The molecule has 0 unspecified atom stereocenters. The molecule has 0 amide bonds. The second kappa shape index (κ2) is 4.38. The van der Waals surface area contributed by atoms with E-state index in [0.29, 0.717) is 0 Å². The molecule has 1 aromatic rings. The van der Waals surface area contributed by atoms with Gasteiger partial charge in [0.05, 0.1) is 6.26 Å². The van der Waals surface area contributed by atoms with Gasteiger partial charge in [0.1, 0.15) is 0 Å². The van der Waals surface area contributed by atoms with Crippen molar-refractivity contribution >= 4 is 21.6 Å². The fourth-order valence-electron chi connectivity index (χ4n) is 0.676. The first-order chi connectivity index (χ1) is 5.02. The van der Waals surface area contributed by atoms with Gasteiger partial charge in [0.15, 0.2) is 6.20 Å². The van der Waals surface area contributed by atoms with E-state index in [0.717, 1.165) is 10.2 Å². The maximum absolute atomic E-state index is 10.9. The van der Waals surface area contributed by atoms with Crippen molar-refractivity contribution in [1.29, 1.82) is 0 Å². The molecule has 1 heterocycles. The molecule has 0 N–H and O–H groups in total. The topological polar surface area (TPSA) is 38.0 Å². The molecule has 0 bridgehead atoms. The van der Waals surface area contributed by atoms with Crippen molar-refractivity contribution in [2.75, 3.05) is 6.26 Å². The molecule has 0 aromatic carbocycles. The van der Waals surface area contributed by atoms with Crippen LogP contribution in [0.5, 0.6) is 0 Å². The van der Waals surface area contributed by atoms with Crippen molar-refractivity contribution in [3.05, 3.63) is 29.5 Å². The highest BCUT2D eigenvalue weighted by atomic mass is 127. The Morgan fingerprint density at radius 3 is 2.33 bits per heavy atom. The van der Waals surface area contributed by atoms with Crippen LogP contribution >= 0.6 is 11.6 Å². The Bertz CT molecular complexity index is 366. The van der Waals surface area contributed by atoms with E-state index in [1.165, 1.54) is 12.3 Å². The van der Waals surface area contributed by atoms with E-state index >= 15 is 0 Å². The minimum Gasteiger partial charge on any atom is -1.00 e. The van der Waals surface area contributed by atoms with Crippen molar-refractivity contribution in [1.82, 2.24) is 0 Å². The Balaban J connectivity index is 0.00000121. The molecular weight excluding hydrogens is 312 g/mol. The molecule has 0 aliphatic carbocycles. The zero-order chi connectivity index (χ0) is 8.48. The second-order valence-corrected chi connectivity index (χ2v) is 4.33. The van der Waals surface area contributed by atoms with Gasteiger partial charge in [-0.25, -0.2) is 0 Å². The standard InChI is InChI=1S/C6H7ClNO2S.HI/c1-11(9,10)8-5-3-2-4-6(8)7;/h2-5H,1H3;1H/q+1;/p-1. The first kappa shape index (κ1) is 12.1. The van der Waals surface area contributed by atoms with Crippen LogP contribution in [0, 0.1) is 0 Å². The number of hydrogen-bond donors (Lipinski definition) is 0. The number of halogens is 2. The van der Waals surface area contributed by atoms with Crippen LogP contribution in [-0.4, -0.2) is 14.7 Å². The average Bonchev–Trinajstić information content (AvgIpc) is 1.86. The van der Waals surface area contributed by atoms with Crippen LogP contribution in [0.3, 0.4) is 0 Å². The van der Waals surface area contributed by atoms with E-state index in [4.69, 9.17) is 11.6 Å². The molecule has 1 aromatic heterocycles. The Hall–Kier alpha value is 0.120. The van der Waals surface area contributed by atoms with E-state index < -0.39 is 10.0 Å². The van der Waals surface area contributed by atoms with Crippen molar-refractivity contribution in [3.8, 4) is 0 Å². The fraction of sp³-hybridized carbons (Fsp3) is 0.167. The Morgan fingerprint density at radius 1 is 1.42 bits per heavy atom. The lowest BCUT2D eigenvalue weighted by Crippen LogP contribution is -3.00. The van der Waals surface area contributed by atoms with Crippen molar-refractivity contribution < 1.29 is 36.4 Å². The maximum Gasteiger partial charge on any atom is 0.367 e. The van der Waals surface area contributed by atoms with E-state index in [9.17, 15) is 8.42 Å². The van der Waals surface area contributed by atoms with Gasteiger partial charge >= 0.3 is 10.0 Å². The predicted molar refractivity (Wildman–Crippen MR) is 41.9 cm³/mol. The van der Waals surface area contributed by atoms with Gasteiger partial charge < -0.3 is 24.0 Å². The lowest BCUT2D eigenvalue weighted by atomic mass is 10.5. The number of nitrogens with zero attached hydrogens (tertiary/aromatic N) is 1. The number of pyridine rings is 1. The van der Waals surface area contributed by atoms with E-state index in [2.05, 4.69) is 0 Å². The molecule has 0 aliphatic rings. The SMILES string of the molecule is CS(=O)(=O)[n+]1ccccc1Cl.[I-]. The van der Waals surface area contributed by atoms with Gasteiger partial charge in [0.2, 0.25) is 0 Å². The molecule has 0 radical (unpaired) electrons. The minimum absolute atomic E-state index is 0. The van der Waals surface area contributed by atoms with Gasteiger partial charge in [0, 0.05) is 12.1 Å². The molecule has 68 valence electrons. The summed E-state index contributed by atoms with van der Waals surface area (Å²) < 4.78 is 22.9. The van der Waals surface area contributed by atoms with Gasteiger partial charge in [-0.1, -0.05) is 3.97 Å². The third-order valence-electron chi connectivity index (χ3n) is 1.13. The van der Waals surface area contributed by atoms with Crippen molar-refractivity contribution in [2.45, 2.75) is 0 Å². The molecule has 1 rings (SSSR count). The largest absolute Gasteiger partial charge is 1.00 e. The highest BCUT2D eigenvalue weighted by Gasteiger charge is 2.17. The molecule has 12 heavy (non-hydrogen) atoms. The van der Waals surface area contributed by atoms with Crippen LogP contribution in [0.15, 0.2) is 24.4 Å². The maximum atomic E-state index is 10.9. The van der Waals surface area contributed by atoms with E-state index in [-0.39, 0.29) is 29.1 Å². The number of hydrogen-bond acceptors (Lipinski definition) is 2. The molecule has 0 aliphatic heterocycles. The zero-order valence-corrected chi connectivity index (χ0v) is 9.97. The molecule has 3 nitrogen and oxygen atoms in total. The lowest BCUT2D eigenvalue weighted by molar-refractivity contribution is -0.507. The van der Waals surface area contributed by atoms with Crippen LogP contribution < -0.4 is 27.9 Å². The van der Waals surface area contributed by atoms with Crippen LogP contribution in [0.4, 0.5) is 0 Å². The van der Waals surface area contributed by atoms with Crippen LogP contribution in [0.2, 0.25) is 5.15 Å². The second-order valence-electron chi connectivity index (χ2n) is 2.08. The lowest BCUT2D eigenvalue weighted by Gasteiger charge is -1.91. The predicted octanol–water partition coefficient (Wildman–Crippen LogP) is -2.56. The van der Waals surface area contributed by atoms with Crippen molar-refractivity contribution in [2.24, 2.45) is 0 Å². The Labute approximate surface area is 93.4 Å². The highest BCUT2D eigenvalue weighted by Crippen LogP contribution is 1.99. The smallest absolute Gasteiger partial charge is 0.367 e. The van der Waals surface area contributed by atoms with Crippen LogP contribution in [0.25, 0.3) is 0 Å². The summed E-state index contributed by atoms with van der Waals surface area (Å²) in [6.07, 6.45) is 2.50. The third-order valence-corrected chi connectivity index (χ3v) is 2.58. The normalized spacial score (nSPS) is 10.5. The summed E-state index contributed by atoms with van der Waals surface area (Å²) in [5.74, 6) is 0. The first-order valence-electron chi connectivity index (χ1n) is 2.88. The number of rotatable bonds is 1. The molecule has 0 fully saturated rings. The summed E-state index contributed by atoms with van der Waals surface area (Å²) >= 11 is 5.59. The molecule has 0 saturated carbocycles. The van der Waals surface area contributed by atoms with E-state index in [1.54, 1.807) is 12.1 Å². The summed E-state index contributed by atoms with van der Waals surface area (Å²) in [6, 6.07) is 4.79. The average molecular weight is 320 g/mol. The van der Waals surface area contributed by atoms with Gasteiger partial charge in [-0.05, 0) is 17.7 Å². The molecular formula is C6H7ClINO2S. The summed E-state index contributed by atoms with van der Waals surface area (Å²) in [5.41, 5.74) is 0. The summed E-state index contributed by atoms with van der Waals surface area (Å²) in [4.78, 5) is 0. The summed E-state index contributed by atoms with van der Waals surface area (Å²) in [6.45, 7) is 0. The zero-order valence-electron chi connectivity index (χ0n) is 6.24. The molecule has 0 spiro atoms. The quantitative estimate of drug-likeness (QED) is 0.324. The monoisotopic (exact) mass is 319 g/mol. The third kappa shape index (κ3) is 2.87. The van der Waals surface area contributed by atoms with Gasteiger partial charge in [-0.3, -0.25) is 0 Å². The highest BCUT2D eigenvalue weighted by molar-refractivity contribution is 7.84. The van der Waals surface area contributed by atoms with Gasteiger partial charge in [-0.15, -0.1) is 0 Å².